The van der Waals surface area contributed by atoms with Crippen LogP contribution >= 0.6 is 0 Å². The van der Waals surface area contributed by atoms with Crippen molar-refractivity contribution in [3.05, 3.63) is 41.9 Å². The largest absolute Gasteiger partial charge is 0.366 e. The zero-order valence-electron chi connectivity index (χ0n) is 12.4. The summed E-state index contributed by atoms with van der Waals surface area (Å²) in [6.07, 6.45) is 3.57. The van der Waals surface area contributed by atoms with Crippen LogP contribution in [-0.2, 0) is 6.54 Å². The van der Waals surface area contributed by atoms with E-state index < -0.39 is 0 Å². The molecule has 0 aliphatic carbocycles. The minimum Gasteiger partial charge on any atom is -0.366 e. The van der Waals surface area contributed by atoms with Crippen LogP contribution in [0.5, 0.6) is 0 Å². The molecule has 0 saturated heterocycles. The molecular formula is C15H21N5. The van der Waals surface area contributed by atoms with Crippen molar-refractivity contribution in [2.24, 2.45) is 0 Å². The molecular weight excluding hydrogens is 250 g/mol. The molecule has 0 bridgehead atoms. The van der Waals surface area contributed by atoms with Gasteiger partial charge >= 0.3 is 0 Å². The van der Waals surface area contributed by atoms with E-state index in [0.717, 1.165) is 11.5 Å². The summed E-state index contributed by atoms with van der Waals surface area (Å²) in [6, 6.07) is 5.90. The Balaban J connectivity index is 2.08. The quantitative estimate of drug-likeness (QED) is 0.895. The van der Waals surface area contributed by atoms with Gasteiger partial charge in [-0.3, -0.25) is 4.98 Å². The third-order valence-corrected chi connectivity index (χ3v) is 2.56. The van der Waals surface area contributed by atoms with Gasteiger partial charge in [-0.05, 0) is 45.4 Å². The van der Waals surface area contributed by atoms with Crippen molar-refractivity contribution in [3.8, 4) is 0 Å². The monoisotopic (exact) mass is 271 g/mol. The van der Waals surface area contributed by atoms with Crippen LogP contribution in [-0.4, -0.2) is 20.5 Å². The number of hydrogen-bond donors (Lipinski definition) is 2. The third-order valence-electron chi connectivity index (χ3n) is 2.56. The number of pyridine rings is 1. The maximum atomic E-state index is 4.49. The Kier molecular flexibility index (Phi) is 4.17. The van der Waals surface area contributed by atoms with Gasteiger partial charge in [0.1, 0.15) is 5.82 Å². The summed E-state index contributed by atoms with van der Waals surface area (Å²) in [5.41, 5.74) is 2.04. The Hall–Kier alpha value is -2.17. The van der Waals surface area contributed by atoms with Crippen molar-refractivity contribution in [1.29, 1.82) is 0 Å². The van der Waals surface area contributed by atoms with Gasteiger partial charge in [0.15, 0.2) is 0 Å². The molecule has 0 amide bonds. The van der Waals surface area contributed by atoms with Gasteiger partial charge in [-0.25, -0.2) is 4.98 Å². The molecule has 0 aromatic carbocycles. The Labute approximate surface area is 119 Å². The Morgan fingerprint density at radius 2 is 1.80 bits per heavy atom. The van der Waals surface area contributed by atoms with Gasteiger partial charge in [-0.2, -0.15) is 4.98 Å². The first-order valence-corrected chi connectivity index (χ1v) is 6.69. The summed E-state index contributed by atoms with van der Waals surface area (Å²) in [5.74, 6) is 1.47. The molecule has 0 spiro atoms. The molecule has 20 heavy (non-hydrogen) atoms. The molecule has 0 unspecified atom stereocenters. The number of nitrogens with one attached hydrogen (secondary N) is 2. The molecule has 2 aromatic rings. The van der Waals surface area contributed by atoms with E-state index in [1.807, 2.05) is 25.1 Å². The zero-order chi connectivity index (χ0) is 14.6. The maximum absolute atomic E-state index is 4.49. The maximum Gasteiger partial charge on any atom is 0.225 e. The van der Waals surface area contributed by atoms with E-state index in [4.69, 9.17) is 0 Å². The minimum absolute atomic E-state index is 0.0594. The molecule has 106 valence electrons. The second-order valence-electron chi connectivity index (χ2n) is 5.80. The second-order valence-corrected chi connectivity index (χ2v) is 5.80. The zero-order valence-corrected chi connectivity index (χ0v) is 12.4. The standard InChI is InChI=1S/C15H21N5/c1-11-9-13(17-10-12-5-7-16-8-6-12)19-14(18-11)20-15(2,3)4/h5-9H,10H2,1-4H3,(H2,17,18,19,20). The molecule has 0 radical (unpaired) electrons. The summed E-state index contributed by atoms with van der Waals surface area (Å²) in [7, 11) is 0. The van der Waals surface area contributed by atoms with Crippen LogP contribution in [0.2, 0.25) is 0 Å². The minimum atomic E-state index is -0.0594. The average molecular weight is 271 g/mol. The van der Waals surface area contributed by atoms with E-state index in [9.17, 15) is 0 Å². The van der Waals surface area contributed by atoms with Crippen LogP contribution in [0, 0.1) is 6.92 Å². The van der Waals surface area contributed by atoms with E-state index >= 15 is 0 Å². The molecule has 0 aliphatic rings. The first kappa shape index (κ1) is 14.2. The lowest BCUT2D eigenvalue weighted by molar-refractivity contribution is 0.625. The first-order chi connectivity index (χ1) is 9.42. The van der Waals surface area contributed by atoms with Gasteiger partial charge < -0.3 is 10.6 Å². The lowest BCUT2D eigenvalue weighted by atomic mass is 10.1. The summed E-state index contributed by atoms with van der Waals surface area (Å²) in [5, 5.41) is 6.60. The molecule has 2 aromatic heterocycles. The lowest BCUT2D eigenvalue weighted by Crippen LogP contribution is -2.27. The smallest absolute Gasteiger partial charge is 0.225 e. The molecule has 0 aliphatic heterocycles. The van der Waals surface area contributed by atoms with E-state index in [-0.39, 0.29) is 5.54 Å². The Morgan fingerprint density at radius 3 is 2.45 bits per heavy atom. The van der Waals surface area contributed by atoms with Gasteiger partial charge in [0.05, 0.1) is 0 Å². The average Bonchev–Trinajstić information content (AvgIpc) is 2.35. The fourth-order valence-corrected chi connectivity index (χ4v) is 1.74. The van der Waals surface area contributed by atoms with Gasteiger partial charge in [-0.15, -0.1) is 0 Å². The van der Waals surface area contributed by atoms with Crippen molar-refractivity contribution in [2.75, 3.05) is 10.6 Å². The van der Waals surface area contributed by atoms with Crippen molar-refractivity contribution in [3.63, 3.8) is 0 Å². The molecule has 0 saturated carbocycles. The predicted molar refractivity (Wildman–Crippen MR) is 81.7 cm³/mol. The van der Waals surface area contributed by atoms with E-state index in [0.29, 0.717) is 12.5 Å². The van der Waals surface area contributed by atoms with E-state index in [1.165, 1.54) is 5.56 Å². The third kappa shape index (κ3) is 4.50. The number of aryl methyl sites for hydroxylation is 1. The van der Waals surface area contributed by atoms with Crippen LogP contribution in [0.15, 0.2) is 30.6 Å². The lowest BCUT2D eigenvalue weighted by Gasteiger charge is -2.21. The molecule has 0 fully saturated rings. The number of hydrogen-bond acceptors (Lipinski definition) is 5. The highest BCUT2D eigenvalue weighted by Crippen LogP contribution is 2.14. The Bertz CT molecular complexity index is 560. The van der Waals surface area contributed by atoms with Crippen molar-refractivity contribution >= 4 is 11.8 Å². The Morgan fingerprint density at radius 1 is 1.10 bits per heavy atom. The fourth-order valence-electron chi connectivity index (χ4n) is 1.74. The van der Waals surface area contributed by atoms with E-state index in [1.54, 1.807) is 12.4 Å². The SMILES string of the molecule is Cc1cc(NCc2ccncc2)nc(NC(C)(C)C)n1. The van der Waals surface area contributed by atoms with Gasteiger partial charge in [-0.1, -0.05) is 0 Å². The van der Waals surface area contributed by atoms with Crippen molar-refractivity contribution < 1.29 is 0 Å². The van der Waals surface area contributed by atoms with Gasteiger partial charge in [0.2, 0.25) is 5.95 Å². The summed E-state index contributed by atoms with van der Waals surface area (Å²) in [6.45, 7) is 8.94. The highest BCUT2D eigenvalue weighted by atomic mass is 15.2. The van der Waals surface area contributed by atoms with E-state index in [2.05, 4.69) is 46.4 Å². The van der Waals surface area contributed by atoms with Gasteiger partial charge in [0.25, 0.3) is 0 Å². The summed E-state index contributed by atoms with van der Waals surface area (Å²) >= 11 is 0. The highest BCUT2D eigenvalue weighted by Gasteiger charge is 2.12. The highest BCUT2D eigenvalue weighted by molar-refractivity contribution is 5.43. The summed E-state index contributed by atoms with van der Waals surface area (Å²) in [4.78, 5) is 12.9. The number of rotatable bonds is 4. The predicted octanol–water partition coefficient (Wildman–Crippen LogP) is 3.00. The first-order valence-electron chi connectivity index (χ1n) is 6.69. The molecule has 2 heterocycles. The van der Waals surface area contributed by atoms with Crippen LogP contribution in [0.25, 0.3) is 0 Å². The fraction of sp³-hybridized carbons (Fsp3) is 0.400. The number of aromatic nitrogens is 3. The van der Waals surface area contributed by atoms with Gasteiger partial charge in [0, 0.05) is 36.2 Å². The number of anilines is 2. The van der Waals surface area contributed by atoms with Crippen LogP contribution in [0.1, 0.15) is 32.0 Å². The molecule has 2 N–H and O–H groups in total. The molecule has 5 heteroatoms. The molecule has 2 rings (SSSR count). The van der Waals surface area contributed by atoms with Crippen LogP contribution < -0.4 is 10.6 Å². The molecule has 0 atom stereocenters. The normalized spacial score (nSPS) is 11.2. The topological polar surface area (TPSA) is 62.7 Å². The van der Waals surface area contributed by atoms with Crippen molar-refractivity contribution in [1.82, 2.24) is 15.0 Å². The summed E-state index contributed by atoms with van der Waals surface area (Å²) < 4.78 is 0. The van der Waals surface area contributed by atoms with Crippen molar-refractivity contribution in [2.45, 2.75) is 39.8 Å². The van der Waals surface area contributed by atoms with Crippen LogP contribution in [0.4, 0.5) is 11.8 Å². The number of nitrogens with zero attached hydrogens (tertiary/aromatic N) is 3. The van der Waals surface area contributed by atoms with Crippen LogP contribution in [0.3, 0.4) is 0 Å². The second kappa shape index (κ2) is 5.86. The molecule has 5 nitrogen and oxygen atoms in total.